The van der Waals surface area contributed by atoms with Gasteiger partial charge in [0.25, 0.3) is 11.8 Å². The molecule has 0 aromatic carbocycles. The molecule has 2 aromatic heterocycles. The van der Waals surface area contributed by atoms with E-state index in [4.69, 9.17) is 16.3 Å². The molecule has 1 aliphatic rings. The molecule has 2 amide bonds. The van der Waals surface area contributed by atoms with E-state index in [1.807, 2.05) is 0 Å². The summed E-state index contributed by atoms with van der Waals surface area (Å²) in [5, 5.41) is 24.3. The number of carbonyl (C=O) groups excluding carboxylic acids is 2. The highest BCUT2D eigenvalue weighted by molar-refractivity contribution is 7.84. The lowest BCUT2D eigenvalue weighted by Gasteiger charge is -2.43. The zero-order valence-corrected chi connectivity index (χ0v) is 20.6. The van der Waals surface area contributed by atoms with Crippen LogP contribution < -0.4 is 16.8 Å². The van der Waals surface area contributed by atoms with Gasteiger partial charge < -0.3 is 26.7 Å². The molecule has 0 aliphatic carbocycles. The summed E-state index contributed by atoms with van der Waals surface area (Å²) in [7, 11) is -4.95. The van der Waals surface area contributed by atoms with Crippen molar-refractivity contribution < 1.29 is 37.3 Å². The summed E-state index contributed by atoms with van der Waals surface area (Å²) in [6.07, 6.45) is 1.28. The van der Waals surface area contributed by atoms with Gasteiger partial charge in [-0.05, 0) is 13.8 Å². The highest BCUT2D eigenvalue weighted by Gasteiger charge is 2.54. The van der Waals surface area contributed by atoms with Crippen molar-refractivity contribution in [1.82, 2.24) is 29.6 Å². The molecular formula is C17H23N9O8S2. The number of hydrogen-bond acceptors (Lipinski definition) is 13. The number of carboxylic acid groups (broad SMARTS) is 1. The molecule has 19 heteroatoms. The molecule has 0 bridgehead atoms. The first-order valence-electron chi connectivity index (χ1n) is 10.2. The number of nitrogens with zero attached hydrogens (tertiary/aromatic N) is 6. The summed E-state index contributed by atoms with van der Waals surface area (Å²) in [5.41, 5.74) is 8.93. The monoisotopic (exact) mass is 545 g/mol. The fraction of sp³-hybridized carbons (Fsp3) is 0.471. The Kier molecular flexibility index (Phi) is 7.57. The number of amides is 2. The molecule has 1 aliphatic heterocycles. The second-order valence-corrected chi connectivity index (χ2v) is 10.2. The van der Waals surface area contributed by atoms with E-state index >= 15 is 0 Å². The first-order valence-corrected chi connectivity index (χ1v) is 12.4. The predicted molar refractivity (Wildman–Crippen MR) is 123 cm³/mol. The lowest BCUT2D eigenvalue weighted by atomic mass is 9.94. The number of nitrogens with two attached hydrogens (primary N) is 2. The molecule has 196 valence electrons. The van der Waals surface area contributed by atoms with E-state index in [2.05, 4.69) is 25.8 Å². The standard InChI is InChI=1S/C17H23N9O8S2/c1-17(2,15(29)30)34-23-11(9-7-35-16(19)20-9)13(27)21-12-10(26(14(12)28)36(31,32)33)5-8-6-25(4-3-18)24-22-8/h6-7,10,12H,3-5,18H2,1-2H3,(H2,19,20)(H,21,27)(H,29,30)(H,31,32,33)/t10-,12-/m0/s1. The topological polar surface area (TPSA) is 258 Å². The van der Waals surface area contributed by atoms with Crippen molar-refractivity contribution in [2.75, 3.05) is 12.3 Å². The van der Waals surface area contributed by atoms with Crippen LogP contribution in [-0.4, -0.2) is 90.1 Å². The summed E-state index contributed by atoms with van der Waals surface area (Å²) >= 11 is 0.961. The molecule has 17 nitrogen and oxygen atoms in total. The minimum atomic E-state index is -4.95. The Morgan fingerprint density at radius 3 is 2.64 bits per heavy atom. The lowest BCUT2D eigenvalue weighted by Crippen LogP contribution is -2.73. The summed E-state index contributed by atoms with van der Waals surface area (Å²) in [5.74, 6) is -3.52. The van der Waals surface area contributed by atoms with E-state index in [0.29, 0.717) is 6.54 Å². The van der Waals surface area contributed by atoms with Crippen molar-refractivity contribution >= 4 is 50.3 Å². The minimum absolute atomic E-state index is 0.0682. The summed E-state index contributed by atoms with van der Waals surface area (Å²) in [6, 6.07) is -2.68. The van der Waals surface area contributed by atoms with E-state index in [9.17, 15) is 32.5 Å². The maximum absolute atomic E-state index is 13.1. The van der Waals surface area contributed by atoms with Gasteiger partial charge in [-0.25, -0.2) is 14.1 Å². The molecule has 1 fully saturated rings. The SMILES string of the molecule is CC(C)(ON=C(C(=O)N[C@@H]1C(=O)N(S(=O)(=O)O)[C@H]1Cc1cn(CCN)nn1)c1csc(N)n1)C(=O)O. The van der Waals surface area contributed by atoms with Crippen LogP contribution in [0.2, 0.25) is 0 Å². The van der Waals surface area contributed by atoms with E-state index in [1.165, 1.54) is 30.1 Å². The van der Waals surface area contributed by atoms with Gasteiger partial charge in [0.1, 0.15) is 11.7 Å². The van der Waals surface area contributed by atoms with Crippen LogP contribution in [0.4, 0.5) is 5.13 Å². The highest BCUT2D eigenvalue weighted by Crippen LogP contribution is 2.27. The number of hydrogen-bond donors (Lipinski definition) is 5. The number of oxime groups is 1. The highest BCUT2D eigenvalue weighted by atomic mass is 32.2. The van der Waals surface area contributed by atoms with Gasteiger partial charge in [-0.3, -0.25) is 18.8 Å². The van der Waals surface area contributed by atoms with Crippen molar-refractivity contribution in [2.24, 2.45) is 10.9 Å². The lowest BCUT2D eigenvalue weighted by molar-refractivity contribution is -0.161. The molecule has 0 radical (unpaired) electrons. The van der Waals surface area contributed by atoms with Crippen LogP contribution in [-0.2, 0) is 42.5 Å². The first kappa shape index (κ1) is 26.9. The van der Waals surface area contributed by atoms with Crippen LogP contribution in [0.1, 0.15) is 25.2 Å². The van der Waals surface area contributed by atoms with Gasteiger partial charge in [0.15, 0.2) is 10.8 Å². The van der Waals surface area contributed by atoms with E-state index < -0.39 is 51.5 Å². The molecule has 1 saturated heterocycles. The van der Waals surface area contributed by atoms with Gasteiger partial charge in [0.05, 0.1) is 18.3 Å². The third-order valence-electron chi connectivity index (χ3n) is 4.93. The molecular weight excluding hydrogens is 522 g/mol. The number of anilines is 1. The molecule has 0 spiro atoms. The van der Waals surface area contributed by atoms with Gasteiger partial charge >= 0.3 is 16.3 Å². The molecule has 2 aromatic rings. The number of nitrogen functional groups attached to an aromatic ring is 1. The quantitative estimate of drug-likeness (QED) is 0.0854. The molecule has 0 unspecified atom stereocenters. The molecule has 7 N–H and O–H groups in total. The zero-order valence-electron chi connectivity index (χ0n) is 18.9. The van der Waals surface area contributed by atoms with Gasteiger partial charge in [0, 0.05) is 24.5 Å². The van der Waals surface area contributed by atoms with Crippen LogP contribution in [0.5, 0.6) is 0 Å². The summed E-state index contributed by atoms with van der Waals surface area (Å²) < 4.78 is 34.6. The Labute approximate surface area is 208 Å². The third-order valence-corrected chi connectivity index (χ3v) is 6.55. The van der Waals surface area contributed by atoms with Crippen LogP contribution in [0.3, 0.4) is 0 Å². The van der Waals surface area contributed by atoms with Crippen LogP contribution in [0, 0.1) is 0 Å². The Bertz CT molecular complexity index is 1300. The number of rotatable bonds is 11. The van der Waals surface area contributed by atoms with Gasteiger partial charge in [-0.2, -0.15) is 8.42 Å². The zero-order chi connectivity index (χ0) is 26.8. The largest absolute Gasteiger partial charge is 0.478 e. The Morgan fingerprint density at radius 2 is 2.08 bits per heavy atom. The predicted octanol–water partition coefficient (Wildman–Crippen LogP) is -2.40. The minimum Gasteiger partial charge on any atom is -0.478 e. The number of β-lactam (4-membered cyclic amide) rings is 1. The number of carbonyl (C=O) groups is 3. The average Bonchev–Trinajstić information content (AvgIpc) is 3.39. The maximum atomic E-state index is 13.1. The van der Waals surface area contributed by atoms with Crippen molar-refractivity contribution in [1.29, 1.82) is 0 Å². The first-order chi connectivity index (χ1) is 16.7. The van der Waals surface area contributed by atoms with E-state index in [-0.39, 0.29) is 33.8 Å². The fourth-order valence-corrected chi connectivity index (χ4v) is 4.49. The molecule has 3 heterocycles. The smallest absolute Gasteiger partial charge is 0.362 e. The molecule has 3 rings (SSSR count). The van der Waals surface area contributed by atoms with Crippen LogP contribution >= 0.6 is 11.3 Å². The van der Waals surface area contributed by atoms with Crippen molar-refractivity contribution in [2.45, 2.75) is 44.5 Å². The Hall–Kier alpha value is -3.68. The van der Waals surface area contributed by atoms with Crippen molar-refractivity contribution in [3.8, 4) is 0 Å². The molecule has 0 saturated carbocycles. The van der Waals surface area contributed by atoms with Crippen LogP contribution in [0.15, 0.2) is 16.7 Å². The average molecular weight is 546 g/mol. The number of aromatic nitrogens is 4. The molecule has 36 heavy (non-hydrogen) atoms. The normalized spacial score (nSPS) is 18.6. The summed E-state index contributed by atoms with van der Waals surface area (Å²) in [4.78, 5) is 45.9. The molecule has 2 atom stereocenters. The van der Waals surface area contributed by atoms with Crippen molar-refractivity contribution in [3.63, 3.8) is 0 Å². The fourth-order valence-electron chi connectivity index (χ4n) is 3.06. The van der Waals surface area contributed by atoms with Crippen LogP contribution in [0.25, 0.3) is 0 Å². The summed E-state index contributed by atoms with van der Waals surface area (Å²) in [6.45, 7) is 2.99. The number of carboxylic acids is 1. The van der Waals surface area contributed by atoms with Gasteiger partial charge in [-0.1, -0.05) is 10.4 Å². The number of nitrogens with one attached hydrogen (secondary N) is 1. The van der Waals surface area contributed by atoms with Gasteiger partial charge in [-0.15, -0.1) is 16.4 Å². The third kappa shape index (κ3) is 5.75. The number of aliphatic carboxylic acids is 1. The van der Waals surface area contributed by atoms with E-state index in [1.54, 1.807) is 0 Å². The maximum Gasteiger partial charge on any atom is 0.362 e. The van der Waals surface area contributed by atoms with Gasteiger partial charge in [0.2, 0.25) is 5.60 Å². The second-order valence-electron chi connectivity index (χ2n) is 8.01. The number of thiazole rings is 1. The Morgan fingerprint density at radius 1 is 1.39 bits per heavy atom. The van der Waals surface area contributed by atoms with Crippen molar-refractivity contribution in [3.05, 3.63) is 23.0 Å². The second kappa shape index (κ2) is 10.1. The Balaban J connectivity index is 1.88. The van der Waals surface area contributed by atoms with E-state index in [0.717, 1.165) is 11.3 Å².